The van der Waals surface area contributed by atoms with E-state index in [1.165, 1.54) is 44.9 Å². The molecule has 0 aromatic carbocycles. The van der Waals surface area contributed by atoms with Crippen LogP contribution >= 0.6 is 0 Å². The first-order chi connectivity index (χ1) is 12.1. The third-order valence-corrected chi connectivity index (χ3v) is 3.80. The van der Waals surface area contributed by atoms with E-state index in [1.54, 1.807) is 0 Å². The van der Waals surface area contributed by atoms with Gasteiger partial charge >= 0.3 is 11.9 Å². The lowest BCUT2D eigenvalue weighted by molar-refractivity contribution is -0.159. The second-order valence-electron chi connectivity index (χ2n) is 6.33. The van der Waals surface area contributed by atoms with Gasteiger partial charge in [0.15, 0.2) is 0 Å². The van der Waals surface area contributed by atoms with E-state index in [0.717, 1.165) is 32.1 Å². The third-order valence-electron chi connectivity index (χ3n) is 3.80. The molecular formula is C20H40O5. The fourth-order valence-electron chi connectivity index (χ4n) is 2.33. The summed E-state index contributed by atoms with van der Waals surface area (Å²) >= 11 is 0. The molecule has 0 aromatic rings. The topological polar surface area (TPSA) is 83.8 Å². The third kappa shape index (κ3) is 25.4. The van der Waals surface area contributed by atoms with Crippen LogP contribution in [0.1, 0.15) is 104 Å². The van der Waals surface area contributed by atoms with Gasteiger partial charge in [-0.1, -0.05) is 78.1 Å². The molecule has 25 heavy (non-hydrogen) atoms. The van der Waals surface area contributed by atoms with Crippen molar-refractivity contribution >= 4 is 11.9 Å². The molecule has 150 valence electrons. The highest BCUT2D eigenvalue weighted by molar-refractivity contribution is 5.85. The number of aliphatic hydroxyl groups is 2. The van der Waals surface area contributed by atoms with Gasteiger partial charge in [-0.2, -0.15) is 0 Å². The average molecular weight is 361 g/mol. The summed E-state index contributed by atoms with van der Waals surface area (Å²) in [6, 6.07) is 0. The zero-order valence-electron chi connectivity index (χ0n) is 16.4. The largest absolute Gasteiger partial charge is 0.394 e. The van der Waals surface area contributed by atoms with Crippen molar-refractivity contribution < 1.29 is 24.5 Å². The minimum atomic E-state index is -0.348. The Hall–Kier alpha value is -0.940. The van der Waals surface area contributed by atoms with Crippen molar-refractivity contribution in [3.8, 4) is 0 Å². The standard InChI is InChI=1S/C18H34O3.C2H6O2/c1-3-5-7-9-10-12-14-16-18(20)21-17(19)15-13-11-8-6-4-2;3-1-2-4/h3-16H2,1-2H3;3-4H,1-2H2. The second kappa shape index (κ2) is 23.1. The number of aliphatic hydroxyl groups excluding tert-OH is 2. The highest BCUT2D eigenvalue weighted by Gasteiger charge is 2.09. The number of hydrogen-bond acceptors (Lipinski definition) is 5. The minimum Gasteiger partial charge on any atom is -0.394 e. The van der Waals surface area contributed by atoms with Gasteiger partial charge < -0.3 is 14.9 Å². The molecule has 0 aliphatic heterocycles. The number of carbonyl (C=O) groups is 2. The van der Waals surface area contributed by atoms with Gasteiger partial charge in [0, 0.05) is 12.8 Å². The molecule has 0 saturated carbocycles. The van der Waals surface area contributed by atoms with Crippen LogP contribution in [0.4, 0.5) is 0 Å². The summed E-state index contributed by atoms with van der Waals surface area (Å²) in [5, 5.41) is 15.2. The zero-order valence-corrected chi connectivity index (χ0v) is 16.4. The molecule has 0 radical (unpaired) electrons. The normalized spacial score (nSPS) is 10.1. The van der Waals surface area contributed by atoms with Crippen LogP contribution in [0.25, 0.3) is 0 Å². The Morgan fingerprint density at radius 3 is 1.24 bits per heavy atom. The molecule has 0 spiro atoms. The molecule has 0 fully saturated rings. The first-order valence-corrected chi connectivity index (χ1v) is 10.1. The SMILES string of the molecule is CCCCCCCCCC(=O)OC(=O)CCCCCCC.OCCO. The maximum atomic E-state index is 11.5. The van der Waals surface area contributed by atoms with Gasteiger partial charge in [0.2, 0.25) is 0 Å². The van der Waals surface area contributed by atoms with Gasteiger partial charge in [-0.05, 0) is 12.8 Å². The fraction of sp³-hybridized carbons (Fsp3) is 0.900. The smallest absolute Gasteiger partial charge is 0.313 e. The van der Waals surface area contributed by atoms with Crippen molar-refractivity contribution in [1.29, 1.82) is 0 Å². The Labute approximate surface area is 154 Å². The number of carbonyl (C=O) groups excluding carboxylic acids is 2. The molecule has 0 amide bonds. The molecule has 0 saturated heterocycles. The molecule has 5 nitrogen and oxygen atoms in total. The molecule has 0 atom stereocenters. The maximum absolute atomic E-state index is 11.5. The van der Waals surface area contributed by atoms with Crippen molar-refractivity contribution in [3.63, 3.8) is 0 Å². The van der Waals surface area contributed by atoms with Gasteiger partial charge in [-0.25, -0.2) is 0 Å². The van der Waals surface area contributed by atoms with Gasteiger partial charge in [-0.3, -0.25) is 9.59 Å². The van der Waals surface area contributed by atoms with E-state index in [9.17, 15) is 9.59 Å². The van der Waals surface area contributed by atoms with E-state index < -0.39 is 0 Å². The Morgan fingerprint density at radius 2 is 0.920 bits per heavy atom. The summed E-state index contributed by atoms with van der Waals surface area (Å²) in [6.45, 7) is 4.12. The predicted molar refractivity (Wildman–Crippen MR) is 101 cm³/mol. The van der Waals surface area contributed by atoms with Gasteiger partial charge in [0.25, 0.3) is 0 Å². The summed E-state index contributed by atoms with van der Waals surface area (Å²) < 4.78 is 4.82. The Balaban J connectivity index is 0. The predicted octanol–water partition coefficient (Wildman–Crippen LogP) is 4.53. The zero-order chi connectivity index (χ0) is 19.2. The van der Waals surface area contributed by atoms with E-state index in [4.69, 9.17) is 14.9 Å². The van der Waals surface area contributed by atoms with Crippen molar-refractivity contribution in [2.45, 2.75) is 104 Å². The molecular weight excluding hydrogens is 320 g/mol. The van der Waals surface area contributed by atoms with Crippen LogP contribution in [0.2, 0.25) is 0 Å². The lowest BCUT2D eigenvalue weighted by Gasteiger charge is -2.03. The highest BCUT2D eigenvalue weighted by atomic mass is 16.6. The monoisotopic (exact) mass is 360 g/mol. The van der Waals surface area contributed by atoms with E-state index in [0.29, 0.717) is 12.8 Å². The average Bonchev–Trinajstić information content (AvgIpc) is 2.61. The first kappa shape index (κ1) is 26.3. The summed E-state index contributed by atoms with van der Waals surface area (Å²) in [6.07, 6.45) is 14.4. The van der Waals surface area contributed by atoms with Crippen LogP contribution in [0.15, 0.2) is 0 Å². The minimum absolute atomic E-state index is 0.125. The molecule has 0 rings (SSSR count). The maximum Gasteiger partial charge on any atom is 0.313 e. The second-order valence-corrected chi connectivity index (χ2v) is 6.33. The Kier molecular flexibility index (Phi) is 24.3. The molecule has 0 bridgehead atoms. The highest BCUT2D eigenvalue weighted by Crippen LogP contribution is 2.10. The van der Waals surface area contributed by atoms with Crippen molar-refractivity contribution in [2.24, 2.45) is 0 Å². The Bertz CT molecular complexity index is 290. The van der Waals surface area contributed by atoms with Crippen LogP contribution in [-0.2, 0) is 14.3 Å². The summed E-state index contributed by atoms with van der Waals surface area (Å²) in [4.78, 5) is 22.9. The van der Waals surface area contributed by atoms with Crippen LogP contribution in [0.3, 0.4) is 0 Å². The van der Waals surface area contributed by atoms with Crippen molar-refractivity contribution in [3.05, 3.63) is 0 Å². The first-order valence-electron chi connectivity index (χ1n) is 10.1. The van der Waals surface area contributed by atoms with Crippen LogP contribution < -0.4 is 0 Å². The molecule has 0 aliphatic carbocycles. The molecule has 2 N–H and O–H groups in total. The van der Waals surface area contributed by atoms with Crippen LogP contribution in [0, 0.1) is 0 Å². The van der Waals surface area contributed by atoms with Gasteiger partial charge in [-0.15, -0.1) is 0 Å². The van der Waals surface area contributed by atoms with E-state index in [2.05, 4.69) is 13.8 Å². The summed E-state index contributed by atoms with van der Waals surface area (Å²) in [5.74, 6) is -0.693. The van der Waals surface area contributed by atoms with E-state index in [-0.39, 0.29) is 25.2 Å². The number of ether oxygens (including phenoxy) is 1. The van der Waals surface area contributed by atoms with Crippen LogP contribution in [0.5, 0.6) is 0 Å². The number of rotatable bonds is 15. The molecule has 0 aromatic heterocycles. The fourth-order valence-corrected chi connectivity index (χ4v) is 2.33. The molecule has 5 heteroatoms. The molecule has 0 aliphatic rings. The lowest BCUT2D eigenvalue weighted by Crippen LogP contribution is -2.11. The number of esters is 2. The Morgan fingerprint density at radius 1 is 0.600 bits per heavy atom. The molecule has 0 heterocycles. The lowest BCUT2D eigenvalue weighted by atomic mass is 10.1. The molecule has 0 unspecified atom stereocenters. The van der Waals surface area contributed by atoms with E-state index >= 15 is 0 Å². The quantitative estimate of drug-likeness (QED) is 0.255. The van der Waals surface area contributed by atoms with E-state index in [1.807, 2.05) is 0 Å². The van der Waals surface area contributed by atoms with Gasteiger partial charge in [0.1, 0.15) is 0 Å². The van der Waals surface area contributed by atoms with Gasteiger partial charge in [0.05, 0.1) is 13.2 Å². The van der Waals surface area contributed by atoms with Crippen molar-refractivity contribution in [1.82, 2.24) is 0 Å². The number of unbranched alkanes of at least 4 members (excludes halogenated alkanes) is 10. The van der Waals surface area contributed by atoms with Crippen LogP contribution in [-0.4, -0.2) is 35.4 Å². The summed E-state index contributed by atoms with van der Waals surface area (Å²) in [5.41, 5.74) is 0. The number of hydrogen-bond donors (Lipinski definition) is 2. The summed E-state index contributed by atoms with van der Waals surface area (Å²) in [7, 11) is 0. The van der Waals surface area contributed by atoms with Crippen molar-refractivity contribution in [2.75, 3.05) is 13.2 Å².